The van der Waals surface area contributed by atoms with E-state index in [0.717, 1.165) is 17.0 Å². The minimum atomic E-state index is -4.94. The Morgan fingerprint density at radius 1 is 0.906 bits per heavy atom. The zero-order valence-corrected chi connectivity index (χ0v) is 17.6. The van der Waals surface area contributed by atoms with Gasteiger partial charge in [0, 0.05) is 18.0 Å². The summed E-state index contributed by atoms with van der Waals surface area (Å²) in [6, 6.07) is 5.52. The maximum absolute atomic E-state index is 14.2. The van der Waals surface area contributed by atoms with E-state index < -0.39 is 41.7 Å². The number of methoxy groups -OCH3 is 2. The molecule has 2 aromatic rings. The molecular formula is C22H21F6NO3. The molecule has 0 spiro atoms. The van der Waals surface area contributed by atoms with Gasteiger partial charge in [0.15, 0.2) is 11.5 Å². The molecule has 2 atom stereocenters. The first-order valence-electron chi connectivity index (χ1n) is 9.64. The monoisotopic (exact) mass is 461 g/mol. The topological polar surface area (TPSA) is 38.8 Å². The molecule has 1 heterocycles. The van der Waals surface area contributed by atoms with Gasteiger partial charge >= 0.3 is 12.4 Å². The average molecular weight is 461 g/mol. The third kappa shape index (κ3) is 4.10. The van der Waals surface area contributed by atoms with Gasteiger partial charge in [-0.2, -0.15) is 26.3 Å². The van der Waals surface area contributed by atoms with Crippen LogP contribution in [0, 0.1) is 5.92 Å². The number of amides is 1. The number of ether oxygens (including phenoxy) is 2. The van der Waals surface area contributed by atoms with E-state index in [1.165, 1.54) is 26.4 Å². The second kappa shape index (κ2) is 8.22. The molecule has 0 N–H and O–H groups in total. The first-order valence-corrected chi connectivity index (χ1v) is 9.64. The molecule has 2 aromatic carbocycles. The number of hydrogen-bond donors (Lipinski definition) is 0. The first-order chi connectivity index (χ1) is 14.8. The van der Waals surface area contributed by atoms with E-state index >= 15 is 0 Å². The number of nitrogens with zero attached hydrogens (tertiary/aromatic N) is 1. The number of benzene rings is 2. The Morgan fingerprint density at radius 3 is 1.88 bits per heavy atom. The standard InChI is InChI=1S/C22H21F6NO3/c1-11(2)29-15-10-17(32-4)16(31-3)9-14(15)18(19(20(29)30)22(26,27)28)12-5-7-13(8-6-12)21(23,24)25/h5-11,18-19H,1-4H3/t18-,19+/m0/s1. The van der Waals surface area contributed by atoms with Gasteiger partial charge in [-0.1, -0.05) is 12.1 Å². The van der Waals surface area contributed by atoms with Gasteiger partial charge in [-0.05, 0) is 43.2 Å². The molecule has 0 radical (unpaired) electrons. The van der Waals surface area contributed by atoms with Crippen LogP contribution in [0.2, 0.25) is 0 Å². The number of halogens is 6. The lowest BCUT2D eigenvalue weighted by Crippen LogP contribution is -2.52. The number of carbonyl (C=O) groups is 1. The predicted molar refractivity (Wildman–Crippen MR) is 105 cm³/mol. The van der Waals surface area contributed by atoms with Crippen molar-refractivity contribution in [2.45, 2.75) is 38.2 Å². The van der Waals surface area contributed by atoms with Crippen LogP contribution in [-0.4, -0.2) is 32.3 Å². The number of fused-ring (bicyclic) bond motifs is 1. The highest BCUT2D eigenvalue weighted by molar-refractivity contribution is 6.01. The fraction of sp³-hybridized carbons (Fsp3) is 0.409. The maximum atomic E-state index is 14.2. The van der Waals surface area contributed by atoms with Crippen molar-refractivity contribution >= 4 is 11.6 Å². The summed E-state index contributed by atoms with van der Waals surface area (Å²) in [7, 11) is 2.66. The van der Waals surface area contributed by atoms with Crippen LogP contribution in [0.4, 0.5) is 32.0 Å². The predicted octanol–water partition coefficient (Wildman–Crippen LogP) is 5.79. The summed E-state index contributed by atoms with van der Waals surface area (Å²) in [5.41, 5.74) is -0.764. The summed E-state index contributed by atoms with van der Waals surface area (Å²) < 4.78 is 91.9. The van der Waals surface area contributed by atoms with Gasteiger partial charge in [-0.25, -0.2) is 0 Å². The number of hydrogen-bond acceptors (Lipinski definition) is 3. The van der Waals surface area contributed by atoms with E-state index in [2.05, 4.69) is 0 Å². The van der Waals surface area contributed by atoms with Crippen LogP contribution < -0.4 is 14.4 Å². The van der Waals surface area contributed by atoms with Gasteiger partial charge < -0.3 is 14.4 Å². The summed E-state index contributed by atoms with van der Waals surface area (Å²) in [5, 5.41) is 0. The van der Waals surface area contributed by atoms with Gasteiger partial charge in [0.05, 0.1) is 25.5 Å². The van der Waals surface area contributed by atoms with Crippen LogP contribution in [0.15, 0.2) is 36.4 Å². The van der Waals surface area contributed by atoms with E-state index in [0.29, 0.717) is 12.1 Å². The SMILES string of the molecule is COc1cc2c(cc1OC)N(C(C)C)C(=O)[C@H](C(F)(F)F)[C@H]2c1ccc(C(F)(F)F)cc1. The Hall–Kier alpha value is -2.91. The second-order valence-electron chi connectivity index (χ2n) is 7.68. The van der Waals surface area contributed by atoms with E-state index in [-0.39, 0.29) is 28.3 Å². The molecule has 0 saturated heterocycles. The Kier molecular flexibility index (Phi) is 6.10. The Balaban J connectivity index is 2.32. The van der Waals surface area contributed by atoms with Gasteiger partial charge in [0.1, 0.15) is 5.92 Å². The molecule has 0 bridgehead atoms. The highest BCUT2D eigenvalue weighted by atomic mass is 19.4. The minimum Gasteiger partial charge on any atom is -0.493 e. The average Bonchev–Trinajstić information content (AvgIpc) is 2.70. The van der Waals surface area contributed by atoms with Crippen LogP contribution >= 0.6 is 0 Å². The van der Waals surface area contributed by atoms with Crippen molar-refractivity contribution in [1.82, 2.24) is 0 Å². The van der Waals surface area contributed by atoms with Crippen LogP contribution in [0.1, 0.15) is 36.5 Å². The maximum Gasteiger partial charge on any atom is 0.416 e. The summed E-state index contributed by atoms with van der Waals surface area (Å²) in [5.74, 6) is -4.87. The molecule has 174 valence electrons. The van der Waals surface area contributed by atoms with Crippen molar-refractivity contribution in [3.05, 3.63) is 53.1 Å². The zero-order chi connectivity index (χ0) is 24.0. The molecule has 0 unspecified atom stereocenters. The third-order valence-corrected chi connectivity index (χ3v) is 5.43. The smallest absolute Gasteiger partial charge is 0.416 e. The van der Waals surface area contributed by atoms with E-state index in [4.69, 9.17) is 9.47 Å². The fourth-order valence-electron chi connectivity index (χ4n) is 4.05. The number of carbonyl (C=O) groups excluding carboxylic acids is 1. The molecule has 1 aliphatic rings. The van der Waals surface area contributed by atoms with E-state index in [1.807, 2.05) is 0 Å². The van der Waals surface area contributed by atoms with Crippen molar-refractivity contribution < 1.29 is 40.6 Å². The van der Waals surface area contributed by atoms with Crippen LogP contribution in [0.25, 0.3) is 0 Å². The molecule has 3 rings (SSSR count). The van der Waals surface area contributed by atoms with E-state index in [1.54, 1.807) is 13.8 Å². The normalized spacial score (nSPS) is 19.2. The zero-order valence-electron chi connectivity index (χ0n) is 17.6. The molecule has 10 heteroatoms. The lowest BCUT2D eigenvalue weighted by Gasteiger charge is -2.42. The first kappa shape index (κ1) is 23.7. The highest BCUT2D eigenvalue weighted by Crippen LogP contribution is 2.52. The fourth-order valence-corrected chi connectivity index (χ4v) is 4.05. The Labute approximate surface area is 180 Å². The summed E-state index contributed by atoms with van der Waals surface area (Å²) >= 11 is 0. The minimum absolute atomic E-state index is 0.0643. The molecule has 1 amide bonds. The molecule has 0 fully saturated rings. The van der Waals surface area contributed by atoms with Crippen molar-refractivity contribution in [2.75, 3.05) is 19.1 Å². The number of alkyl halides is 6. The van der Waals surface area contributed by atoms with Gasteiger partial charge in [0.25, 0.3) is 0 Å². The van der Waals surface area contributed by atoms with Crippen LogP contribution in [0.3, 0.4) is 0 Å². The molecule has 1 aliphatic heterocycles. The van der Waals surface area contributed by atoms with Crippen molar-refractivity contribution in [3.8, 4) is 11.5 Å². The van der Waals surface area contributed by atoms with Crippen LogP contribution in [0.5, 0.6) is 11.5 Å². The lowest BCUT2D eigenvalue weighted by atomic mass is 9.75. The van der Waals surface area contributed by atoms with Crippen LogP contribution in [-0.2, 0) is 11.0 Å². The second-order valence-corrected chi connectivity index (χ2v) is 7.68. The van der Waals surface area contributed by atoms with Crippen molar-refractivity contribution in [3.63, 3.8) is 0 Å². The third-order valence-electron chi connectivity index (χ3n) is 5.43. The van der Waals surface area contributed by atoms with Crippen molar-refractivity contribution in [1.29, 1.82) is 0 Å². The summed E-state index contributed by atoms with van der Waals surface area (Å²) in [6.07, 6.45) is -9.59. The summed E-state index contributed by atoms with van der Waals surface area (Å²) in [6.45, 7) is 3.15. The Morgan fingerprint density at radius 2 is 1.44 bits per heavy atom. The number of anilines is 1. The van der Waals surface area contributed by atoms with Gasteiger partial charge in [0.2, 0.25) is 5.91 Å². The molecule has 0 aliphatic carbocycles. The molecule has 0 saturated carbocycles. The van der Waals surface area contributed by atoms with E-state index in [9.17, 15) is 31.1 Å². The quantitative estimate of drug-likeness (QED) is 0.542. The number of rotatable bonds is 4. The van der Waals surface area contributed by atoms with Gasteiger partial charge in [-0.15, -0.1) is 0 Å². The molecule has 32 heavy (non-hydrogen) atoms. The largest absolute Gasteiger partial charge is 0.493 e. The van der Waals surface area contributed by atoms with Gasteiger partial charge in [-0.3, -0.25) is 4.79 Å². The molecule has 0 aromatic heterocycles. The lowest BCUT2D eigenvalue weighted by molar-refractivity contribution is -0.185. The highest BCUT2D eigenvalue weighted by Gasteiger charge is 2.56. The Bertz CT molecular complexity index is 998. The molecular weight excluding hydrogens is 440 g/mol. The van der Waals surface area contributed by atoms with Crippen molar-refractivity contribution in [2.24, 2.45) is 5.92 Å². The molecule has 4 nitrogen and oxygen atoms in total. The summed E-state index contributed by atoms with van der Waals surface area (Å²) in [4.78, 5) is 14.1.